The lowest BCUT2D eigenvalue weighted by molar-refractivity contribution is -0.175. The van der Waals surface area contributed by atoms with Gasteiger partial charge >= 0.3 is 13.6 Å². The molecule has 1 saturated heterocycles. The summed E-state index contributed by atoms with van der Waals surface area (Å²) in [5.74, 6) is 0. The van der Waals surface area contributed by atoms with Gasteiger partial charge in [-0.1, -0.05) is 6.58 Å². The van der Waals surface area contributed by atoms with E-state index in [9.17, 15) is 14.3 Å². The number of ether oxygens (including phenoxy) is 4. The van der Waals surface area contributed by atoms with Crippen molar-refractivity contribution in [3.63, 3.8) is 0 Å². The molecule has 0 saturated carbocycles. The van der Waals surface area contributed by atoms with Gasteiger partial charge in [0.25, 0.3) is 0 Å². The van der Waals surface area contributed by atoms with Gasteiger partial charge in [0.2, 0.25) is 0 Å². The molecule has 0 aromatic carbocycles. The molecule has 1 fully saturated rings. The number of carbonyl (C=O) groups excluding carboxylic acids is 1. The van der Waals surface area contributed by atoms with E-state index in [0.717, 1.165) is 12.7 Å². The van der Waals surface area contributed by atoms with Crippen LogP contribution in [0, 0.1) is 0 Å². The van der Waals surface area contributed by atoms with Gasteiger partial charge in [-0.15, -0.1) is 0 Å². The third-order valence-electron chi connectivity index (χ3n) is 3.95. The van der Waals surface area contributed by atoms with E-state index in [2.05, 4.69) is 16.4 Å². The Labute approximate surface area is 145 Å². The zero-order chi connectivity index (χ0) is 18.8. The highest BCUT2D eigenvalue weighted by atomic mass is 31.2. The second-order valence-corrected chi connectivity index (χ2v) is 7.44. The maximum absolute atomic E-state index is 12.3. The van der Waals surface area contributed by atoms with Crippen LogP contribution in [0.1, 0.15) is 6.92 Å². The smallest absolute Gasteiger partial charge is 0.353 e. The number of hydrogen-bond acceptors (Lipinski definition) is 7. The second-order valence-electron chi connectivity index (χ2n) is 5.54. The van der Waals surface area contributed by atoms with Crippen molar-refractivity contribution in [2.75, 3.05) is 27.7 Å². The molecule has 142 valence electrons. The first-order valence-electron chi connectivity index (χ1n) is 7.41. The van der Waals surface area contributed by atoms with Crippen molar-refractivity contribution >= 4 is 13.6 Å². The van der Waals surface area contributed by atoms with E-state index >= 15 is 0 Å². The van der Waals surface area contributed by atoms with Gasteiger partial charge in [0.15, 0.2) is 18.9 Å². The minimum Gasteiger partial charge on any atom is -0.374 e. The van der Waals surface area contributed by atoms with Crippen molar-refractivity contribution in [1.82, 2.24) is 10.2 Å². The molecule has 2 N–H and O–H groups in total. The average molecular weight is 378 g/mol. The summed E-state index contributed by atoms with van der Waals surface area (Å²) in [7, 11) is 0.0824. The van der Waals surface area contributed by atoms with Crippen LogP contribution in [0.15, 0.2) is 24.0 Å². The van der Waals surface area contributed by atoms with Crippen LogP contribution >= 0.6 is 7.60 Å². The van der Waals surface area contributed by atoms with E-state index < -0.39 is 44.7 Å². The Morgan fingerprint density at radius 2 is 2.00 bits per heavy atom. The molecule has 2 heterocycles. The number of hydrogen-bond donors (Lipinski definition) is 2. The molecule has 2 aliphatic rings. The van der Waals surface area contributed by atoms with Crippen molar-refractivity contribution in [3.8, 4) is 0 Å². The molecule has 0 radical (unpaired) electrons. The lowest BCUT2D eigenvalue weighted by Gasteiger charge is -2.32. The third-order valence-corrected chi connectivity index (χ3v) is 5.00. The minimum absolute atomic E-state index is 0.442. The van der Waals surface area contributed by atoms with E-state index in [1.54, 1.807) is 13.1 Å². The fraction of sp³-hybridized carbons (Fsp3) is 0.643. The molecule has 10 nitrogen and oxygen atoms in total. The van der Waals surface area contributed by atoms with Crippen molar-refractivity contribution in [2.24, 2.45) is 0 Å². The molecular weight excluding hydrogens is 355 g/mol. The lowest BCUT2D eigenvalue weighted by Crippen LogP contribution is -2.51. The third kappa shape index (κ3) is 4.29. The van der Waals surface area contributed by atoms with E-state index in [4.69, 9.17) is 18.9 Å². The number of allylic oxidation sites excluding steroid dienone is 1. The Morgan fingerprint density at radius 3 is 2.56 bits per heavy atom. The van der Waals surface area contributed by atoms with Gasteiger partial charge in [-0.3, -0.25) is 9.46 Å². The van der Waals surface area contributed by atoms with E-state index in [1.165, 1.54) is 19.1 Å². The van der Waals surface area contributed by atoms with Gasteiger partial charge in [0, 0.05) is 33.2 Å². The monoisotopic (exact) mass is 378 g/mol. The van der Waals surface area contributed by atoms with Crippen molar-refractivity contribution in [2.45, 2.75) is 31.6 Å². The van der Waals surface area contributed by atoms with Crippen LogP contribution in [0.5, 0.6) is 0 Å². The summed E-state index contributed by atoms with van der Waals surface area (Å²) in [6.45, 7) is 5.52. The molecule has 5 atom stereocenters. The first kappa shape index (κ1) is 20.1. The molecule has 0 aromatic rings. The maximum Gasteiger partial charge on any atom is 0.353 e. The topological polar surface area (TPSA) is 116 Å². The molecule has 2 aliphatic heterocycles. The molecular formula is C14H23N2O8P. The van der Waals surface area contributed by atoms with Gasteiger partial charge in [0.05, 0.1) is 0 Å². The Morgan fingerprint density at radius 1 is 1.36 bits per heavy atom. The lowest BCUT2D eigenvalue weighted by atomic mass is 10.1. The summed E-state index contributed by atoms with van der Waals surface area (Å²) in [5.41, 5.74) is 1.24. The van der Waals surface area contributed by atoms with E-state index in [0.29, 0.717) is 5.70 Å². The first-order valence-corrected chi connectivity index (χ1v) is 9.17. The number of nitrogens with zero attached hydrogens (tertiary/aromatic N) is 1. The van der Waals surface area contributed by atoms with Crippen molar-refractivity contribution in [1.29, 1.82) is 0 Å². The van der Waals surface area contributed by atoms with E-state index in [1.807, 2.05) is 0 Å². The second kappa shape index (κ2) is 7.96. The fourth-order valence-corrected chi connectivity index (χ4v) is 2.95. The Bertz CT molecular complexity index is 610. The molecule has 0 bridgehead atoms. The summed E-state index contributed by atoms with van der Waals surface area (Å²) < 4.78 is 37.9. The Hall–Kier alpha value is -1.26. The van der Waals surface area contributed by atoms with Gasteiger partial charge in [-0.05, 0) is 12.5 Å². The predicted molar refractivity (Wildman–Crippen MR) is 86.3 cm³/mol. The summed E-state index contributed by atoms with van der Waals surface area (Å²) in [6.07, 6.45) is -2.30. The normalized spacial score (nSPS) is 32.4. The van der Waals surface area contributed by atoms with Crippen LogP contribution in [0.3, 0.4) is 0 Å². The summed E-state index contributed by atoms with van der Waals surface area (Å²) in [5, 5.41) is 2.62. The zero-order valence-corrected chi connectivity index (χ0v) is 15.4. The zero-order valence-electron chi connectivity index (χ0n) is 14.5. The van der Waals surface area contributed by atoms with Crippen LogP contribution < -0.4 is 5.32 Å². The molecule has 0 aliphatic carbocycles. The number of methoxy groups -OCH3 is 2. The minimum atomic E-state index is -3.89. The molecule has 2 amide bonds. The SMILES string of the molecule is C=C1NC(=O)N([C@@H]2O[C@H](OCP(=O)(O)OC)[C@@H](OC)[C@H]2OC)C=C1C. The molecule has 0 aromatic heterocycles. The van der Waals surface area contributed by atoms with Gasteiger partial charge < -0.3 is 33.7 Å². The quantitative estimate of drug-likeness (QED) is 0.629. The number of nitrogens with one attached hydrogen (secondary N) is 1. The summed E-state index contributed by atoms with van der Waals surface area (Å²) in [6, 6.07) is -0.442. The maximum atomic E-state index is 12.3. The fourth-order valence-electron chi connectivity index (χ4n) is 2.51. The standard InChI is InChI=1S/C14H23N2O8P/c1-8-6-16(14(17)15-9(8)2)12-10(20-3)11(21-4)13(24-12)23-7-25(18,19)22-5/h6,10-13H,2,7H2,1,3-5H3,(H,15,17)(H,18,19)/t10-,11+,12-,13+/m1/s1. The first-order chi connectivity index (χ1) is 11.7. The van der Waals surface area contributed by atoms with Gasteiger partial charge in [-0.2, -0.15) is 0 Å². The van der Waals surface area contributed by atoms with Gasteiger partial charge in [-0.25, -0.2) is 4.79 Å². The largest absolute Gasteiger partial charge is 0.374 e. The van der Waals surface area contributed by atoms with Crippen molar-refractivity contribution in [3.05, 3.63) is 24.0 Å². The molecule has 1 unspecified atom stereocenters. The van der Waals surface area contributed by atoms with Crippen LogP contribution in [0.2, 0.25) is 0 Å². The molecule has 0 spiro atoms. The highest BCUT2D eigenvalue weighted by Gasteiger charge is 2.50. The summed E-state index contributed by atoms with van der Waals surface area (Å²) >= 11 is 0. The van der Waals surface area contributed by atoms with E-state index in [-0.39, 0.29) is 0 Å². The number of amides is 2. The highest BCUT2D eigenvalue weighted by Crippen LogP contribution is 2.42. The average Bonchev–Trinajstić information content (AvgIpc) is 2.93. The predicted octanol–water partition coefficient (Wildman–Crippen LogP) is 0.947. The van der Waals surface area contributed by atoms with Crippen LogP contribution in [-0.4, -0.2) is 68.2 Å². The Balaban J connectivity index is 2.20. The molecule has 11 heteroatoms. The van der Waals surface area contributed by atoms with Crippen LogP contribution in [0.25, 0.3) is 0 Å². The molecule has 2 rings (SSSR count). The Kier molecular flexibility index (Phi) is 6.39. The van der Waals surface area contributed by atoms with Crippen molar-refractivity contribution < 1.29 is 37.7 Å². The molecule has 25 heavy (non-hydrogen) atoms. The number of rotatable bonds is 7. The summed E-state index contributed by atoms with van der Waals surface area (Å²) in [4.78, 5) is 23.0. The number of urea groups is 1. The van der Waals surface area contributed by atoms with Crippen LogP contribution in [0.4, 0.5) is 4.79 Å². The van der Waals surface area contributed by atoms with Gasteiger partial charge in [0.1, 0.15) is 12.2 Å². The van der Waals surface area contributed by atoms with Crippen LogP contribution in [-0.2, 0) is 28.0 Å². The number of carbonyl (C=O) groups is 1. The highest BCUT2D eigenvalue weighted by molar-refractivity contribution is 7.52.